The zero-order chi connectivity index (χ0) is 10.6. The van der Waals surface area contributed by atoms with Crippen LogP contribution in [-0.2, 0) is 9.59 Å². The van der Waals surface area contributed by atoms with E-state index in [1.165, 1.54) is 11.8 Å². The SMILES string of the molecule is CC(=O)CN(C=O)c1ccc(Br)cc1. The van der Waals surface area contributed by atoms with Crippen molar-refractivity contribution in [1.82, 2.24) is 0 Å². The van der Waals surface area contributed by atoms with Crippen molar-refractivity contribution >= 4 is 33.8 Å². The van der Waals surface area contributed by atoms with E-state index in [1.54, 1.807) is 12.1 Å². The van der Waals surface area contributed by atoms with Crippen molar-refractivity contribution in [3.63, 3.8) is 0 Å². The highest BCUT2D eigenvalue weighted by atomic mass is 79.9. The second-order valence-corrected chi connectivity index (χ2v) is 3.83. The summed E-state index contributed by atoms with van der Waals surface area (Å²) >= 11 is 3.29. The van der Waals surface area contributed by atoms with Crippen LogP contribution >= 0.6 is 15.9 Å². The van der Waals surface area contributed by atoms with E-state index in [0.29, 0.717) is 6.41 Å². The predicted molar refractivity (Wildman–Crippen MR) is 58.2 cm³/mol. The number of anilines is 1. The first kappa shape index (κ1) is 10.9. The molecule has 0 N–H and O–H groups in total. The van der Waals surface area contributed by atoms with E-state index in [1.807, 2.05) is 12.1 Å². The molecule has 0 heterocycles. The molecular formula is C10H10BrNO2. The quantitative estimate of drug-likeness (QED) is 0.772. The van der Waals surface area contributed by atoms with Crippen molar-refractivity contribution in [2.24, 2.45) is 0 Å². The summed E-state index contributed by atoms with van der Waals surface area (Å²) in [7, 11) is 0. The van der Waals surface area contributed by atoms with E-state index < -0.39 is 0 Å². The molecule has 0 atom stereocenters. The molecule has 0 aliphatic heterocycles. The van der Waals surface area contributed by atoms with Crippen LogP contribution in [0.25, 0.3) is 0 Å². The fourth-order valence-corrected chi connectivity index (χ4v) is 1.33. The molecule has 0 saturated heterocycles. The fraction of sp³-hybridized carbons (Fsp3) is 0.200. The number of halogens is 1. The fourth-order valence-electron chi connectivity index (χ4n) is 1.06. The number of benzene rings is 1. The van der Waals surface area contributed by atoms with Crippen LogP contribution in [0.2, 0.25) is 0 Å². The van der Waals surface area contributed by atoms with Crippen molar-refractivity contribution < 1.29 is 9.59 Å². The maximum Gasteiger partial charge on any atom is 0.214 e. The minimum absolute atomic E-state index is 0.0416. The highest BCUT2D eigenvalue weighted by molar-refractivity contribution is 9.10. The number of carbonyl (C=O) groups is 2. The molecule has 0 unspecified atom stereocenters. The molecule has 3 nitrogen and oxygen atoms in total. The molecule has 0 aromatic heterocycles. The van der Waals surface area contributed by atoms with Gasteiger partial charge in [-0.05, 0) is 31.2 Å². The molecular weight excluding hydrogens is 246 g/mol. The van der Waals surface area contributed by atoms with E-state index in [2.05, 4.69) is 15.9 Å². The number of ketones is 1. The van der Waals surface area contributed by atoms with Crippen molar-refractivity contribution in [2.45, 2.75) is 6.92 Å². The van der Waals surface area contributed by atoms with Gasteiger partial charge in [0.05, 0.1) is 6.54 Å². The summed E-state index contributed by atoms with van der Waals surface area (Å²) in [5, 5.41) is 0. The lowest BCUT2D eigenvalue weighted by Gasteiger charge is -2.15. The number of amides is 1. The van der Waals surface area contributed by atoms with E-state index in [0.717, 1.165) is 10.2 Å². The predicted octanol–water partition coefficient (Wildman–Crippen LogP) is 2.00. The number of rotatable bonds is 4. The first-order valence-electron chi connectivity index (χ1n) is 4.10. The first-order valence-corrected chi connectivity index (χ1v) is 4.89. The molecule has 0 radical (unpaired) electrons. The number of Topliss-reactive ketones (excluding diaryl/α,β-unsaturated/α-hetero) is 1. The highest BCUT2D eigenvalue weighted by Crippen LogP contribution is 2.17. The molecule has 0 fully saturated rings. The zero-order valence-corrected chi connectivity index (χ0v) is 9.32. The van der Waals surface area contributed by atoms with Crippen molar-refractivity contribution in [3.05, 3.63) is 28.7 Å². The van der Waals surface area contributed by atoms with Gasteiger partial charge in [0.2, 0.25) is 6.41 Å². The van der Waals surface area contributed by atoms with Gasteiger partial charge in [0, 0.05) is 10.2 Å². The average molecular weight is 256 g/mol. The molecule has 0 saturated carbocycles. The third kappa shape index (κ3) is 2.96. The van der Waals surface area contributed by atoms with Crippen LogP contribution in [0.15, 0.2) is 28.7 Å². The summed E-state index contributed by atoms with van der Waals surface area (Å²) in [4.78, 5) is 22.9. The minimum atomic E-state index is -0.0416. The Bertz CT molecular complexity index is 334. The molecule has 0 bridgehead atoms. The van der Waals surface area contributed by atoms with Crippen LogP contribution in [0.4, 0.5) is 5.69 Å². The maximum absolute atomic E-state index is 10.8. The lowest BCUT2D eigenvalue weighted by atomic mass is 10.3. The van der Waals surface area contributed by atoms with Gasteiger partial charge in [-0.1, -0.05) is 15.9 Å². The van der Waals surface area contributed by atoms with Crippen LogP contribution < -0.4 is 4.90 Å². The van der Waals surface area contributed by atoms with Gasteiger partial charge in [0.25, 0.3) is 0 Å². The molecule has 1 amide bonds. The maximum atomic E-state index is 10.8. The average Bonchev–Trinajstić information content (AvgIpc) is 2.15. The van der Waals surface area contributed by atoms with Crippen molar-refractivity contribution in [3.8, 4) is 0 Å². The molecule has 0 aliphatic carbocycles. The summed E-state index contributed by atoms with van der Waals surface area (Å²) < 4.78 is 0.940. The largest absolute Gasteiger partial charge is 0.308 e. The van der Waals surface area contributed by atoms with Crippen LogP contribution in [0, 0.1) is 0 Å². The van der Waals surface area contributed by atoms with E-state index >= 15 is 0 Å². The Morgan fingerprint density at radius 1 is 1.43 bits per heavy atom. The molecule has 1 aromatic carbocycles. The highest BCUT2D eigenvalue weighted by Gasteiger charge is 2.06. The molecule has 4 heteroatoms. The standard InChI is InChI=1S/C10H10BrNO2/c1-8(14)6-12(7-13)10-4-2-9(11)3-5-10/h2-5,7H,6H2,1H3. The normalized spacial score (nSPS) is 9.57. The molecule has 0 aliphatic rings. The van der Waals surface area contributed by atoms with Crippen LogP contribution in [0.1, 0.15) is 6.92 Å². The molecule has 1 rings (SSSR count). The third-order valence-electron chi connectivity index (χ3n) is 1.68. The Morgan fingerprint density at radius 2 is 2.00 bits per heavy atom. The summed E-state index contributed by atoms with van der Waals surface area (Å²) in [6.07, 6.45) is 0.657. The van der Waals surface area contributed by atoms with Crippen molar-refractivity contribution in [2.75, 3.05) is 11.4 Å². The Kier molecular flexibility index (Phi) is 3.83. The number of hydrogen-bond acceptors (Lipinski definition) is 2. The monoisotopic (exact) mass is 255 g/mol. The van der Waals surface area contributed by atoms with E-state index in [9.17, 15) is 9.59 Å². The molecule has 1 aromatic rings. The Morgan fingerprint density at radius 3 is 2.43 bits per heavy atom. The number of carbonyl (C=O) groups excluding carboxylic acids is 2. The Balaban J connectivity index is 2.84. The van der Waals surface area contributed by atoms with E-state index in [-0.39, 0.29) is 12.3 Å². The summed E-state index contributed by atoms with van der Waals surface area (Å²) in [6.45, 7) is 1.57. The summed E-state index contributed by atoms with van der Waals surface area (Å²) in [5.41, 5.74) is 0.721. The van der Waals surface area contributed by atoms with Crippen LogP contribution in [-0.4, -0.2) is 18.7 Å². The zero-order valence-electron chi connectivity index (χ0n) is 7.74. The second-order valence-electron chi connectivity index (χ2n) is 2.91. The van der Waals surface area contributed by atoms with Gasteiger partial charge in [-0.3, -0.25) is 9.59 Å². The van der Waals surface area contributed by atoms with Gasteiger partial charge in [0.1, 0.15) is 5.78 Å². The molecule has 74 valence electrons. The van der Waals surface area contributed by atoms with E-state index in [4.69, 9.17) is 0 Å². The Hall–Kier alpha value is -1.16. The molecule has 14 heavy (non-hydrogen) atoms. The summed E-state index contributed by atoms with van der Waals surface area (Å²) in [5.74, 6) is -0.0416. The second kappa shape index (κ2) is 4.91. The molecule has 0 spiro atoms. The van der Waals surface area contributed by atoms with Gasteiger partial charge in [-0.25, -0.2) is 0 Å². The van der Waals surface area contributed by atoms with Gasteiger partial charge in [-0.2, -0.15) is 0 Å². The topological polar surface area (TPSA) is 37.4 Å². The van der Waals surface area contributed by atoms with Gasteiger partial charge >= 0.3 is 0 Å². The van der Waals surface area contributed by atoms with Crippen LogP contribution in [0.5, 0.6) is 0 Å². The Labute approximate surface area is 90.8 Å². The van der Waals surface area contributed by atoms with Gasteiger partial charge in [-0.15, -0.1) is 0 Å². The number of hydrogen-bond donors (Lipinski definition) is 0. The van der Waals surface area contributed by atoms with Gasteiger partial charge in [0.15, 0.2) is 0 Å². The number of nitrogens with zero attached hydrogens (tertiary/aromatic N) is 1. The minimum Gasteiger partial charge on any atom is -0.308 e. The van der Waals surface area contributed by atoms with Crippen LogP contribution in [0.3, 0.4) is 0 Å². The lowest BCUT2D eigenvalue weighted by Crippen LogP contribution is -2.26. The summed E-state index contributed by atoms with van der Waals surface area (Å²) in [6, 6.07) is 7.21. The smallest absolute Gasteiger partial charge is 0.214 e. The van der Waals surface area contributed by atoms with Crippen molar-refractivity contribution in [1.29, 1.82) is 0 Å². The van der Waals surface area contributed by atoms with Gasteiger partial charge < -0.3 is 4.90 Å². The first-order chi connectivity index (χ1) is 6.63. The third-order valence-corrected chi connectivity index (χ3v) is 2.21. The lowest BCUT2D eigenvalue weighted by molar-refractivity contribution is -0.117.